The number of fused-ring (bicyclic) bond motifs is 1. The van der Waals surface area contributed by atoms with Crippen LogP contribution in [0.15, 0.2) is 34.7 Å². The lowest BCUT2D eigenvalue weighted by atomic mass is 10.3. The zero-order chi connectivity index (χ0) is 18.0. The standard InChI is InChI=1S/C14H16N6O3S2/c1-19(2)25(22,23)10-3-4-12-11(9-10)17-18-20(12)7-5-13(21)16-14-15-6-8-24-14/h3-4,6,8-9H,5,7H2,1-2H3,(H,15,16,21). The molecule has 0 bridgehead atoms. The van der Waals surface area contributed by atoms with Gasteiger partial charge in [0.15, 0.2) is 5.13 Å². The Morgan fingerprint density at radius 2 is 2.16 bits per heavy atom. The van der Waals surface area contributed by atoms with Crippen LogP contribution in [0.4, 0.5) is 5.13 Å². The Hall–Kier alpha value is -2.37. The summed E-state index contributed by atoms with van der Waals surface area (Å²) in [5.74, 6) is -0.176. The summed E-state index contributed by atoms with van der Waals surface area (Å²) in [5, 5.41) is 13.0. The fourth-order valence-corrected chi connectivity index (χ4v) is 3.63. The molecule has 0 spiro atoms. The number of amides is 1. The second-order valence-electron chi connectivity index (χ2n) is 5.39. The highest BCUT2D eigenvalue weighted by Crippen LogP contribution is 2.19. The molecule has 0 atom stereocenters. The van der Waals surface area contributed by atoms with Crippen LogP contribution in [-0.4, -0.2) is 52.7 Å². The highest BCUT2D eigenvalue weighted by molar-refractivity contribution is 7.89. The van der Waals surface area contributed by atoms with Crippen LogP contribution in [0.5, 0.6) is 0 Å². The smallest absolute Gasteiger partial charge is 0.242 e. The molecule has 9 nitrogen and oxygen atoms in total. The summed E-state index contributed by atoms with van der Waals surface area (Å²) in [6.45, 7) is 0.327. The number of carbonyl (C=O) groups is 1. The molecule has 0 unspecified atom stereocenters. The number of nitrogens with zero attached hydrogens (tertiary/aromatic N) is 5. The molecule has 1 aromatic carbocycles. The van der Waals surface area contributed by atoms with E-state index in [2.05, 4.69) is 20.6 Å². The van der Waals surface area contributed by atoms with Crippen LogP contribution in [0.2, 0.25) is 0 Å². The number of sulfonamides is 1. The Labute approximate surface area is 148 Å². The van der Waals surface area contributed by atoms with Crippen LogP contribution in [0, 0.1) is 0 Å². The number of aryl methyl sites for hydroxylation is 1. The number of anilines is 1. The van der Waals surface area contributed by atoms with E-state index in [0.717, 1.165) is 4.31 Å². The molecular formula is C14H16N6O3S2. The molecule has 0 aliphatic carbocycles. The summed E-state index contributed by atoms with van der Waals surface area (Å²) in [6, 6.07) is 4.63. The number of rotatable bonds is 6. The van der Waals surface area contributed by atoms with Gasteiger partial charge >= 0.3 is 0 Å². The van der Waals surface area contributed by atoms with Crippen LogP contribution in [-0.2, 0) is 21.4 Å². The highest BCUT2D eigenvalue weighted by atomic mass is 32.2. The van der Waals surface area contributed by atoms with Gasteiger partial charge in [0.05, 0.1) is 17.0 Å². The summed E-state index contributed by atoms with van der Waals surface area (Å²) in [4.78, 5) is 16.1. The number of nitrogens with one attached hydrogen (secondary N) is 1. The maximum atomic E-state index is 12.2. The second kappa shape index (κ2) is 6.86. The van der Waals surface area contributed by atoms with Gasteiger partial charge in [0.2, 0.25) is 15.9 Å². The molecule has 132 valence electrons. The van der Waals surface area contributed by atoms with Gasteiger partial charge in [-0.25, -0.2) is 22.4 Å². The zero-order valence-corrected chi connectivity index (χ0v) is 15.2. The first kappa shape index (κ1) is 17.5. The molecule has 2 aromatic heterocycles. The average Bonchev–Trinajstić information content (AvgIpc) is 3.21. The van der Waals surface area contributed by atoms with Gasteiger partial charge in [-0.05, 0) is 18.2 Å². The van der Waals surface area contributed by atoms with E-state index >= 15 is 0 Å². The van der Waals surface area contributed by atoms with Crippen molar-refractivity contribution in [3.63, 3.8) is 0 Å². The van der Waals surface area contributed by atoms with Crippen molar-refractivity contribution in [2.45, 2.75) is 17.9 Å². The molecule has 0 fully saturated rings. The van der Waals surface area contributed by atoms with Crippen LogP contribution < -0.4 is 5.32 Å². The van der Waals surface area contributed by atoms with Gasteiger partial charge in [-0.2, -0.15) is 0 Å². The van der Waals surface area contributed by atoms with E-state index in [4.69, 9.17) is 0 Å². The van der Waals surface area contributed by atoms with E-state index in [1.165, 1.54) is 37.6 Å². The minimum Gasteiger partial charge on any atom is -0.302 e. The quantitative estimate of drug-likeness (QED) is 0.687. The molecule has 3 aromatic rings. The van der Waals surface area contributed by atoms with Crippen molar-refractivity contribution in [1.29, 1.82) is 0 Å². The SMILES string of the molecule is CN(C)S(=O)(=O)c1ccc2c(c1)nnn2CCC(=O)Nc1nccs1. The first-order valence-electron chi connectivity index (χ1n) is 7.33. The third-order valence-corrected chi connectivity index (χ3v) is 5.99. The van der Waals surface area contributed by atoms with Gasteiger partial charge in [-0.15, -0.1) is 16.4 Å². The van der Waals surface area contributed by atoms with Crippen LogP contribution in [0.25, 0.3) is 11.0 Å². The number of hydrogen-bond donors (Lipinski definition) is 1. The highest BCUT2D eigenvalue weighted by Gasteiger charge is 2.19. The third kappa shape index (κ3) is 3.67. The first-order chi connectivity index (χ1) is 11.9. The lowest BCUT2D eigenvalue weighted by Gasteiger charge is -2.11. The third-order valence-electron chi connectivity index (χ3n) is 3.49. The summed E-state index contributed by atoms with van der Waals surface area (Å²) >= 11 is 1.34. The van der Waals surface area contributed by atoms with Gasteiger partial charge in [0, 0.05) is 32.1 Å². The van der Waals surface area contributed by atoms with E-state index in [9.17, 15) is 13.2 Å². The van der Waals surface area contributed by atoms with E-state index in [0.29, 0.717) is 22.7 Å². The molecule has 0 radical (unpaired) electrons. The fraction of sp³-hybridized carbons (Fsp3) is 0.286. The van der Waals surface area contributed by atoms with Crippen molar-refractivity contribution in [3.05, 3.63) is 29.8 Å². The van der Waals surface area contributed by atoms with E-state index in [1.54, 1.807) is 22.3 Å². The monoisotopic (exact) mass is 380 g/mol. The number of aromatic nitrogens is 4. The lowest BCUT2D eigenvalue weighted by Crippen LogP contribution is -2.22. The van der Waals surface area contributed by atoms with Gasteiger partial charge in [-0.1, -0.05) is 5.21 Å². The summed E-state index contributed by atoms with van der Waals surface area (Å²) < 4.78 is 27.0. The average molecular weight is 380 g/mol. The number of benzene rings is 1. The molecule has 0 aliphatic rings. The second-order valence-corrected chi connectivity index (χ2v) is 8.43. The van der Waals surface area contributed by atoms with Crippen LogP contribution in [0.3, 0.4) is 0 Å². The number of hydrogen-bond acceptors (Lipinski definition) is 7. The van der Waals surface area contributed by atoms with Gasteiger partial charge in [-0.3, -0.25) is 4.79 Å². The molecule has 0 saturated heterocycles. The van der Waals surface area contributed by atoms with Gasteiger partial charge < -0.3 is 5.32 Å². The first-order valence-corrected chi connectivity index (χ1v) is 9.65. The van der Waals surface area contributed by atoms with Crippen LogP contribution in [0.1, 0.15) is 6.42 Å². The van der Waals surface area contributed by atoms with Gasteiger partial charge in [0.1, 0.15) is 5.52 Å². The molecule has 2 heterocycles. The Bertz CT molecular complexity index is 995. The lowest BCUT2D eigenvalue weighted by molar-refractivity contribution is -0.116. The predicted octanol–water partition coefficient (Wildman–Crippen LogP) is 1.17. The van der Waals surface area contributed by atoms with E-state index < -0.39 is 10.0 Å². The largest absolute Gasteiger partial charge is 0.302 e. The van der Waals surface area contributed by atoms with E-state index in [1.807, 2.05) is 0 Å². The number of thiazole rings is 1. The minimum absolute atomic E-state index is 0.151. The van der Waals surface area contributed by atoms with Crippen LogP contribution >= 0.6 is 11.3 Å². The number of carbonyl (C=O) groups excluding carboxylic acids is 1. The molecular weight excluding hydrogens is 364 g/mol. The topological polar surface area (TPSA) is 110 Å². The molecule has 1 N–H and O–H groups in total. The van der Waals surface area contributed by atoms with Gasteiger partial charge in [0.25, 0.3) is 0 Å². The molecule has 0 aliphatic heterocycles. The Balaban J connectivity index is 1.74. The zero-order valence-electron chi connectivity index (χ0n) is 13.6. The van der Waals surface area contributed by atoms with Crippen molar-refractivity contribution in [3.8, 4) is 0 Å². The Morgan fingerprint density at radius 1 is 1.36 bits per heavy atom. The van der Waals surface area contributed by atoms with Crippen molar-refractivity contribution in [2.75, 3.05) is 19.4 Å². The Kier molecular flexibility index (Phi) is 4.79. The normalized spacial score (nSPS) is 12.0. The van der Waals surface area contributed by atoms with Crippen molar-refractivity contribution in [2.24, 2.45) is 0 Å². The molecule has 11 heteroatoms. The molecule has 0 saturated carbocycles. The predicted molar refractivity (Wildman–Crippen MR) is 93.8 cm³/mol. The summed E-state index contributed by atoms with van der Waals surface area (Å²) in [7, 11) is -0.588. The fourth-order valence-electron chi connectivity index (χ4n) is 2.16. The summed E-state index contributed by atoms with van der Waals surface area (Å²) in [6.07, 6.45) is 1.82. The molecule has 1 amide bonds. The Morgan fingerprint density at radius 3 is 2.84 bits per heavy atom. The maximum Gasteiger partial charge on any atom is 0.242 e. The summed E-state index contributed by atoms with van der Waals surface area (Å²) in [5.41, 5.74) is 1.13. The van der Waals surface area contributed by atoms with Crippen molar-refractivity contribution in [1.82, 2.24) is 24.3 Å². The van der Waals surface area contributed by atoms with Crippen molar-refractivity contribution >= 4 is 43.4 Å². The minimum atomic E-state index is -3.53. The molecule has 3 rings (SSSR count). The van der Waals surface area contributed by atoms with E-state index in [-0.39, 0.29) is 17.2 Å². The molecule has 25 heavy (non-hydrogen) atoms. The maximum absolute atomic E-state index is 12.2. The van der Waals surface area contributed by atoms with Crippen molar-refractivity contribution < 1.29 is 13.2 Å².